The summed E-state index contributed by atoms with van der Waals surface area (Å²) >= 11 is 0. The lowest BCUT2D eigenvalue weighted by Crippen LogP contribution is -2.38. The van der Waals surface area contributed by atoms with E-state index in [-0.39, 0.29) is 12.2 Å². The molecule has 0 saturated heterocycles. The Morgan fingerprint density at radius 3 is 2.24 bits per heavy atom. The van der Waals surface area contributed by atoms with Gasteiger partial charge >= 0.3 is 5.69 Å². The van der Waals surface area contributed by atoms with Crippen molar-refractivity contribution in [2.75, 3.05) is 19.5 Å². The molecule has 3 N–H and O–H groups in total. The summed E-state index contributed by atoms with van der Waals surface area (Å²) in [6.45, 7) is 0.569. The summed E-state index contributed by atoms with van der Waals surface area (Å²) in [5.41, 5.74) is 8.57. The number of benzene rings is 3. The number of hydrogen-bond donors (Lipinski definition) is 2. The number of aryl methyl sites for hydroxylation is 1. The van der Waals surface area contributed by atoms with Crippen LogP contribution in [0.5, 0.6) is 11.5 Å². The van der Waals surface area contributed by atoms with Gasteiger partial charge in [0.15, 0.2) is 5.65 Å². The maximum absolute atomic E-state index is 13.5. The van der Waals surface area contributed by atoms with Gasteiger partial charge in [-0.1, -0.05) is 36.4 Å². The molecule has 9 heteroatoms. The second-order valence-electron chi connectivity index (χ2n) is 9.06. The SMILES string of the molecule is COc1cc(OC)cc(-c2c(CN)c(NCc3ccc4ccccc4c3)nc3c2c(=O)n(C)c(=O)n3C)c1. The molecular formula is C29H29N5O4. The molecule has 0 bridgehead atoms. The molecule has 5 rings (SSSR count). The molecule has 0 aliphatic rings. The number of nitrogens with two attached hydrogens (primary N) is 1. The minimum atomic E-state index is -0.467. The minimum Gasteiger partial charge on any atom is -0.497 e. The lowest BCUT2D eigenvalue weighted by atomic mass is 9.96. The Morgan fingerprint density at radius 1 is 0.895 bits per heavy atom. The van der Waals surface area contributed by atoms with Crippen LogP contribution in [0.4, 0.5) is 5.82 Å². The van der Waals surface area contributed by atoms with Gasteiger partial charge in [-0.25, -0.2) is 9.78 Å². The Kier molecular flexibility index (Phi) is 6.61. The zero-order valence-corrected chi connectivity index (χ0v) is 21.7. The van der Waals surface area contributed by atoms with E-state index in [1.54, 1.807) is 27.3 Å². The van der Waals surface area contributed by atoms with Gasteiger partial charge < -0.3 is 20.5 Å². The normalized spacial score (nSPS) is 11.2. The molecule has 0 radical (unpaired) electrons. The Balaban J connectivity index is 1.75. The van der Waals surface area contributed by atoms with Crippen molar-refractivity contribution in [2.45, 2.75) is 13.1 Å². The van der Waals surface area contributed by atoms with Crippen molar-refractivity contribution in [2.24, 2.45) is 19.8 Å². The van der Waals surface area contributed by atoms with Crippen LogP contribution in [0.15, 0.2) is 70.3 Å². The van der Waals surface area contributed by atoms with E-state index in [4.69, 9.17) is 20.2 Å². The van der Waals surface area contributed by atoms with E-state index in [1.165, 1.54) is 11.6 Å². The highest BCUT2D eigenvalue weighted by Crippen LogP contribution is 2.37. The van der Waals surface area contributed by atoms with Gasteiger partial charge in [0.05, 0.1) is 19.6 Å². The smallest absolute Gasteiger partial charge is 0.332 e. The van der Waals surface area contributed by atoms with E-state index < -0.39 is 11.2 Å². The second-order valence-corrected chi connectivity index (χ2v) is 9.06. The number of ether oxygens (including phenoxy) is 2. The Hall–Kier alpha value is -4.63. The van der Waals surface area contributed by atoms with Crippen molar-refractivity contribution in [3.63, 3.8) is 0 Å². The fourth-order valence-electron chi connectivity index (χ4n) is 4.78. The molecule has 0 spiro atoms. The minimum absolute atomic E-state index is 0.101. The third kappa shape index (κ3) is 4.26. The van der Waals surface area contributed by atoms with E-state index in [0.29, 0.717) is 45.9 Å². The predicted molar refractivity (Wildman–Crippen MR) is 150 cm³/mol. The first kappa shape index (κ1) is 25.0. The summed E-state index contributed by atoms with van der Waals surface area (Å²) in [4.78, 5) is 31.0. The molecule has 0 amide bonds. The zero-order valence-electron chi connectivity index (χ0n) is 21.7. The van der Waals surface area contributed by atoms with E-state index in [1.807, 2.05) is 24.3 Å². The third-order valence-electron chi connectivity index (χ3n) is 6.81. The van der Waals surface area contributed by atoms with Gasteiger partial charge in [-0.2, -0.15) is 0 Å². The maximum Gasteiger partial charge on any atom is 0.332 e. The molecule has 0 aliphatic heterocycles. The van der Waals surface area contributed by atoms with Crippen LogP contribution in [0.2, 0.25) is 0 Å². The molecule has 2 heterocycles. The molecule has 5 aromatic rings. The molecule has 2 aromatic heterocycles. The highest BCUT2D eigenvalue weighted by atomic mass is 16.5. The molecular weight excluding hydrogens is 482 g/mol. The summed E-state index contributed by atoms with van der Waals surface area (Å²) in [5.74, 6) is 1.60. The number of methoxy groups -OCH3 is 2. The van der Waals surface area contributed by atoms with Gasteiger partial charge in [0, 0.05) is 44.4 Å². The van der Waals surface area contributed by atoms with E-state index in [2.05, 4.69) is 35.6 Å². The largest absolute Gasteiger partial charge is 0.497 e. The highest BCUT2D eigenvalue weighted by Gasteiger charge is 2.22. The molecule has 0 unspecified atom stereocenters. The molecule has 0 atom stereocenters. The standard InChI is InChI=1S/C29H29N5O4/c1-33-27-25(28(35)34(2)29(33)36)24(20-12-21(37-3)14-22(13-20)38-4)23(15-30)26(32-27)31-16-17-9-10-18-7-5-6-8-19(18)11-17/h5-14H,15-16,30H2,1-4H3,(H,31,32). The molecule has 0 fully saturated rings. The van der Waals surface area contributed by atoms with Crippen LogP contribution in [-0.4, -0.2) is 28.3 Å². The molecule has 38 heavy (non-hydrogen) atoms. The first-order valence-electron chi connectivity index (χ1n) is 12.1. The highest BCUT2D eigenvalue weighted by molar-refractivity contribution is 5.97. The van der Waals surface area contributed by atoms with Crippen LogP contribution >= 0.6 is 0 Å². The monoisotopic (exact) mass is 511 g/mol. The van der Waals surface area contributed by atoms with Gasteiger partial charge in [-0.05, 0) is 40.1 Å². The fraction of sp³-hybridized carbons (Fsp3) is 0.207. The number of nitrogens with one attached hydrogen (secondary N) is 1. The van der Waals surface area contributed by atoms with Crippen LogP contribution in [0.3, 0.4) is 0 Å². The lowest BCUT2D eigenvalue weighted by Gasteiger charge is -2.20. The van der Waals surface area contributed by atoms with Gasteiger partial charge in [-0.3, -0.25) is 13.9 Å². The summed E-state index contributed by atoms with van der Waals surface area (Å²) in [6.07, 6.45) is 0. The lowest BCUT2D eigenvalue weighted by molar-refractivity contribution is 0.394. The second kappa shape index (κ2) is 10.0. The third-order valence-corrected chi connectivity index (χ3v) is 6.81. The average molecular weight is 512 g/mol. The number of fused-ring (bicyclic) bond motifs is 2. The topological polar surface area (TPSA) is 113 Å². The quantitative estimate of drug-likeness (QED) is 0.344. The van der Waals surface area contributed by atoms with Crippen molar-refractivity contribution in [1.29, 1.82) is 0 Å². The van der Waals surface area contributed by atoms with Gasteiger partial charge in [0.25, 0.3) is 5.56 Å². The van der Waals surface area contributed by atoms with Crippen molar-refractivity contribution in [3.8, 4) is 22.6 Å². The van der Waals surface area contributed by atoms with Crippen LogP contribution in [-0.2, 0) is 27.2 Å². The van der Waals surface area contributed by atoms with Crippen LogP contribution in [0.1, 0.15) is 11.1 Å². The number of anilines is 1. The van der Waals surface area contributed by atoms with Crippen LogP contribution in [0.25, 0.3) is 32.9 Å². The Bertz CT molecular complexity index is 1780. The zero-order chi connectivity index (χ0) is 27.0. The van der Waals surface area contributed by atoms with Crippen LogP contribution in [0, 0.1) is 0 Å². The van der Waals surface area contributed by atoms with E-state index >= 15 is 0 Å². The van der Waals surface area contributed by atoms with Crippen molar-refractivity contribution < 1.29 is 9.47 Å². The van der Waals surface area contributed by atoms with Crippen molar-refractivity contribution in [1.82, 2.24) is 14.1 Å². The predicted octanol–water partition coefficient (Wildman–Crippen LogP) is 3.54. The number of nitrogens with zero attached hydrogens (tertiary/aromatic N) is 3. The molecule has 3 aromatic carbocycles. The molecule has 9 nitrogen and oxygen atoms in total. The summed E-state index contributed by atoms with van der Waals surface area (Å²) in [6, 6.07) is 19.8. The summed E-state index contributed by atoms with van der Waals surface area (Å²) in [7, 11) is 6.18. The number of hydrogen-bond acceptors (Lipinski definition) is 7. The fourth-order valence-corrected chi connectivity index (χ4v) is 4.78. The molecule has 194 valence electrons. The van der Waals surface area contributed by atoms with E-state index in [9.17, 15) is 9.59 Å². The van der Waals surface area contributed by atoms with Crippen molar-refractivity contribution in [3.05, 3.63) is 92.6 Å². The van der Waals surface area contributed by atoms with Gasteiger partial charge in [-0.15, -0.1) is 0 Å². The average Bonchev–Trinajstić information content (AvgIpc) is 2.96. The Labute approximate surface area is 219 Å². The van der Waals surface area contributed by atoms with Crippen LogP contribution < -0.4 is 31.8 Å². The summed E-state index contributed by atoms with van der Waals surface area (Å²) in [5, 5.41) is 5.99. The van der Waals surface area contributed by atoms with E-state index in [0.717, 1.165) is 20.9 Å². The Morgan fingerprint density at radius 2 is 1.58 bits per heavy atom. The molecule has 0 saturated carbocycles. The number of rotatable bonds is 7. The first-order chi connectivity index (χ1) is 18.4. The summed E-state index contributed by atoms with van der Waals surface area (Å²) < 4.78 is 13.4. The maximum atomic E-state index is 13.5. The number of pyridine rings is 1. The number of aromatic nitrogens is 3. The first-order valence-corrected chi connectivity index (χ1v) is 12.1. The van der Waals surface area contributed by atoms with Crippen molar-refractivity contribution >= 4 is 27.6 Å². The van der Waals surface area contributed by atoms with Gasteiger partial charge in [0.2, 0.25) is 0 Å². The van der Waals surface area contributed by atoms with Gasteiger partial charge in [0.1, 0.15) is 17.3 Å². The molecule has 0 aliphatic carbocycles.